The zero-order valence-electron chi connectivity index (χ0n) is 13.6. The van der Waals surface area contributed by atoms with Gasteiger partial charge in [-0.25, -0.2) is 0 Å². The molecule has 1 heterocycles. The van der Waals surface area contributed by atoms with Gasteiger partial charge in [-0.05, 0) is 34.7 Å². The summed E-state index contributed by atoms with van der Waals surface area (Å²) in [5, 5.41) is 5.15. The predicted molar refractivity (Wildman–Crippen MR) is 89.9 cm³/mol. The van der Waals surface area contributed by atoms with Gasteiger partial charge in [-0.3, -0.25) is 14.6 Å². The number of carbonyl (C=O) groups excluding carboxylic acids is 2. The highest BCUT2D eigenvalue weighted by Gasteiger charge is 2.15. The van der Waals surface area contributed by atoms with E-state index in [0.29, 0.717) is 5.69 Å². The molecule has 120 valence electrons. The molecule has 0 radical (unpaired) electrons. The number of pyridine rings is 1. The Kier molecular flexibility index (Phi) is 5.11. The van der Waals surface area contributed by atoms with E-state index in [2.05, 4.69) is 36.4 Å². The lowest BCUT2D eigenvalue weighted by molar-refractivity contribution is -0.136. The van der Waals surface area contributed by atoms with Gasteiger partial charge in [0.25, 0.3) is 0 Å². The van der Waals surface area contributed by atoms with Gasteiger partial charge in [0.1, 0.15) is 0 Å². The van der Waals surface area contributed by atoms with Crippen LogP contribution in [0.4, 0.5) is 5.69 Å². The van der Waals surface area contributed by atoms with Crippen LogP contribution in [-0.4, -0.2) is 16.8 Å². The maximum atomic E-state index is 11.9. The number of anilines is 1. The molecule has 1 aromatic heterocycles. The normalized spacial score (nSPS) is 10.9. The van der Waals surface area contributed by atoms with Gasteiger partial charge in [-0.15, -0.1) is 0 Å². The van der Waals surface area contributed by atoms with E-state index in [1.54, 1.807) is 30.6 Å². The van der Waals surface area contributed by atoms with Crippen LogP contribution in [-0.2, 0) is 21.5 Å². The minimum Gasteiger partial charge on any atom is -0.344 e. The van der Waals surface area contributed by atoms with Crippen LogP contribution in [0.3, 0.4) is 0 Å². The zero-order valence-corrected chi connectivity index (χ0v) is 13.6. The smallest absolute Gasteiger partial charge is 0.313 e. The first-order chi connectivity index (χ1) is 10.9. The average Bonchev–Trinajstić information content (AvgIpc) is 2.53. The number of aromatic nitrogens is 1. The standard InChI is InChI=1S/C18H21N3O2/c1-18(2,3)14-6-8-15(9-7-14)21-17(23)16(22)20-12-13-5-4-10-19-11-13/h4-11H,12H2,1-3H3,(H,20,22)(H,21,23). The number of benzene rings is 1. The molecule has 0 saturated heterocycles. The Morgan fingerprint density at radius 1 is 1.04 bits per heavy atom. The molecule has 23 heavy (non-hydrogen) atoms. The summed E-state index contributed by atoms with van der Waals surface area (Å²) in [7, 11) is 0. The number of amides is 2. The molecule has 0 spiro atoms. The van der Waals surface area contributed by atoms with Crippen molar-refractivity contribution in [3.8, 4) is 0 Å². The number of nitrogens with one attached hydrogen (secondary N) is 2. The van der Waals surface area contributed by atoms with E-state index in [4.69, 9.17) is 0 Å². The van der Waals surface area contributed by atoms with E-state index in [-0.39, 0.29) is 12.0 Å². The summed E-state index contributed by atoms with van der Waals surface area (Å²) >= 11 is 0. The molecular formula is C18H21N3O2. The van der Waals surface area contributed by atoms with E-state index >= 15 is 0 Å². The molecule has 0 unspecified atom stereocenters. The number of hydrogen-bond acceptors (Lipinski definition) is 3. The van der Waals surface area contributed by atoms with Crippen molar-refractivity contribution in [3.63, 3.8) is 0 Å². The lowest BCUT2D eigenvalue weighted by Gasteiger charge is -2.19. The predicted octanol–water partition coefficient (Wildman–Crippen LogP) is 2.63. The van der Waals surface area contributed by atoms with Crippen LogP contribution in [0.25, 0.3) is 0 Å². The van der Waals surface area contributed by atoms with Crippen molar-refractivity contribution in [2.45, 2.75) is 32.7 Å². The Bertz CT molecular complexity index is 674. The van der Waals surface area contributed by atoms with E-state index < -0.39 is 11.8 Å². The van der Waals surface area contributed by atoms with Gasteiger partial charge >= 0.3 is 11.8 Å². The molecule has 0 aliphatic heterocycles. The monoisotopic (exact) mass is 311 g/mol. The second kappa shape index (κ2) is 7.05. The minimum atomic E-state index is -0.683. The van der Waals surface area contributed by atoms with Gasteiger partial charge in [0.15, 0.2) is 0 Å². The van der Waals surface area contributed by atoms with Crippen molar-refractivity contribution in [2.75, 3.05) is 5.32 Å². The molecule has 5 heteroatoms. The summed E-state index contributed by atoms with van der Waals surface area (Å²) < 4.78 is 0. The van der Waals surface area contributed by atoms with Crippen LogP contribution in [0.1, 0.15) is 31.9 Å². The quantitative estimate of drug-likeness (QED) is 0.856. The maximum absolute atomic E-state index is 11.9. The lowest BCUT2D eigenvalue weighted by Crippen LogP contribution is -2.35. The second-order valence-corrected chi connectivity index (χ2v) is 6.33. The van der Waals surface area contributed by atoms with Crippen molar-refractivity contribution in [1.82, 2.24) is 10.3 Å². The molecule has 0 fully saturated rings. The Labute approximate surface area is 136 Å². The average molecular weight is 311 g/mol. The fourth-order valence-electron chi connectivity index (χ4n) is 2.01. The van der Waals surface area contributed by atoms with E-state index in [1.165, 1.54) is 0 Å². The molecule has 5 nitrogen and oxygen atoms in total. The van der Waals surface area contributed by atoms with Gasteiger partial charge in [0, 0.05) is 24.6 Å². The molecule has 0 atom stereocenters. The fourth-order valence-corrected chi connectivity index (χ4v) is 2.01. The third-order valence-corrected chi connectivity index (χ3v) is 3.39. The largest absolute Gasteiger partial charge is 0.344 e. The van der Waals surface area contributed by atoms with Crippen molar-refractivity contribution in [2.24, 2.45) is 0 Å². The third kappa shape index (κ3) is 4.92. The summed E-state index contributed by atoms with van der Waals surface area (Å²) in [5.41, 5.74) is 2.64. The molecule has 0 bridgehead atoms. The van der Waals surface area contributed by atoms with Crippen molar-refractivity contribution >= 4 is 17.5 Å². The van der Waals surface area contributed by atoms with Crippen LogP contribution in [0, 0.1) is 0 Å². The first-order valence-corrected chi connectivity index (χ1v) is 7.45. The van der Waals surface area contributed by atoms with E-state index in [1.807, 2.05) is 18.2 Å². The maximum Gasteiger partial charge on any atom is 0.313 e. The van der Waals surface area contributed by atoms with Crippen molar-refractivity contribution in [3.05, 3.63) is 59.9 Å². The molecule has 2 amide bonds. The molecule has 0 aliphatic rings. The topological polar surface area (TPSA) is 71.1 Å². The Morgan fingerprint density at radius 2 is 1.74 bits per heavy atom. The lowest BCUT2D eigenvalue weighted by atomic mass is 9.87. The molecule has 0 aliphatic carbocycles. The number of hydrogen-bond donors (Lipinski definition) is 2. The highest BCUT2D eigenvalue weighted by molar-refractivity contribution is 6.39. The van der Waals surface area contributed by atoms with Crippen LogP contribution in [0.15, 0.2) is 48.8 Å². The zero-order chi connectivity index (χ0) is 16.9. The SMILES string of the molecule is CC(C)(C)c1ccc(NC(=O)C(=O)NCc2cccnc2)cc1. The first-order valence-electron chi connectivity index (χ1n) is 7.45. The van der Waals surface area contributed by atoms with Crippen LogP contribution >= 0.6 is 0 Å². The van der Waals surface area contributed by atoms with Gasteiger partial charge in [0.2, 0.25) is 0 Å². The van der Waals surface area contributed by atoms with Gasteiger partial charge in [-0.2, -0.15) is 0 Å². The van der Waals surface area contributed by atoms with E-state index in [9.17, 15) is 9.59 Å². The molecule has 1 aromatic carbocycles. The minimum absolute atomic E-state index is 0.0453. The summed E-state index contributed by atoms with van der Waals surface area (Å²) in [4.78, 5) is 27.6. The fraction of sp³-hybridized carbons (Fsp3) is 0.278. The number of nitrogens with zero attached hydrogens (tertiary/aromatic N) is 1. The summed E-state index contributed by atoms with van der Waals surface area (Å²) in [6.45, 7) is 6.62. The first kappa shape index (κ1) is 16.7. The summed E-state index contributed by atoms with van der Waals surface area (Å²) in [6, 6.07) is 11.1. The number of rotatable bonds is 3. The Hall–Kier alpha value is -2.69. The molecule has 0 saturated carbocycles. The molecule has 2 N–H and O–H groups in total. The van der Waals surface area contributed by atoms with Gasteiger partial charge in [0.05, 0.1) is 0 Å². The van der Waals surface area contributed by atoms with Gasteiger partial charge in [-0.1, -0.05) is 39.0 Å². The molecule has 2 rings (SSSR count). The molecular weight excluding hydrogens is 290 g/mol. The molecule has 2 aromatic rings. The van der Waals surface area contributed by atoms with Crippen LogP contribution < -0.4 is 10.6 Å². The van der Waals surface area contributed by atoms with Crippen molar-refractivity contribution < 1.29 is 9.59 Å². The second-order valence-electron chi connectivity index (χ2n) is 6.33. The summed E-state index contributed by atoms with van der Waals surface area (Å²) in [6.07, 6.45) is 3.29. The summed E-state index contributed by atoms with van der Waals surface area (Å²) in [5.74, 6) is -1.36. The van der Waals surface area contributed by atoms with Gasteiger partial charge < -0.3 is 10.6 Å². The van der Waals surface area contributed by atoms with Crippen LogP contribution in [0.5, 0.6) is 0 Å². The van der Waals surface area contributed by atoms with E-state index in [0.717, 1.165) is 11.1 Å². The highest BCUT2D eigenvalue weighted by Crippen LogP contribution is 2.23. The highest BCUT2D eigenvalue weighted by atomic mass is 16.2. The Morgan fingerprint density at radius 3 is 2.30 bits per heavy atom. The Balaban J connectivity index is 1.89. The third-order valence-electron chi connectivity index (χ3n) is 3.39. The number of carbonyl (C=O) groups is 2. The van der Waals surface area contributed by atoms with Crippen LogP contribution in [0.2, 0.25) is 0 Å². The van der Waals surface area contributed by atoms with Crippen molar-refractivity contribution in [1.29, 1.82) is 0 Å².